The lowest BCUT2D eigenvalue weighted by Crippen LogP contribution is -2.25. The SMILES string of the molecule is O=C1C[C@@H](c2ccccc2Cl)C(C(=O)c2ccccc2)=C(c2ccccc2)O1. The maximum Gasteiger partial charge on any atom is 0.312 e. The van der Waals surface area contributed by atoms with Crippen molar-refractivity contribution >= 4 is 29.1 Å². The second-order valence-corrected chi connectivity index (χ2v) is 6.96. The van der Waals surface area contributed by atoms with Crippen molar-refractivity contribution in [3.8, 4) is 0 Å². The fraction of sp³-hybridized carbons (Fsp3) is 0.0833. The third-order valence-corrected chi connectivity index (χ3v) is 5.12. The molecule has 1 atom stereocenters. The van der Waals surface area contributed by atoms with Crippen molar-refractivity contribution < 1.29 is 14.3 Å². The Balaban J connectivity index is 1.95. The van der Waals surface area contributed by atoms with E-state index in [-0.39, 0.29) is 18.2 Å². The number of esters is 1. The minimum atomic E-state index is -0.474. The van der Waals surface area contributed by atoms with E-state index in [1.54, 1.807) is 18.2 Å². The van der Waals surface area contributed by atoms with Crippen LogP contribution in [0, 0.1) is 0 Å². The van der Waals surface area contributed by atoms with Crippen molar-refractivity contribution in [1.82, 2.24) is 0 Å². The maximum absolute atomic E-state index is 13.5. The quantitative estimate of drug-likeness (QED) is 0.427. The number of hydrogen-bond donors (Lipinski definition) is 0. The van der Waals surface area contributed by atoms with Gasteiger partial charge in [0.05, 0.1) is 12.0 Å². The van der Waals surface area contributed by atoms with Crippen molar-refractivity contribution in [3.05, 3.63) is 112 Å². The van der Waals surface area contributed by atoms with Crippen LogP contribution in [0.25, 0.3) is 5.76 Å². The number of carbonyl (C=O) groups excluding carboxylic acids is 2. The number of rotatable bonds is 4. The molecule has 3 nitrogen and oxygen atoms in total. The summed E-state index contributed by atoms with van der Waals surface area (Å²) in [6, 6.07) is 25.5. The molecule has 0 fully saturated rings. The Hall–Kier alpha value is -3.17. The lowest BCUT2D eigenvalue weighted by Gasteiger charge is -2.28. The molecule has 0 amide bonds. The topological polar surface area (TPSA) is 43.4 Å². The fourth-order valence-electron chi connectivity index (χ4n) is 3.47. The van der Waals surface area contributed by atoms with Gasteiger partial charge in [0.25, 0.3) is 0 Å². The number of cyclic esters (lactones) is 1. The highest BCUT2D eigenvalue weighted by Crippen LogP contribution is 2.42. The molecule has 0 radical (unpaired) electrons. The summed E-state index contributed by atoms with van der Waals surface area (Å²) in [5.41, 5.74) is 2.42. The standard InChI is InChI=1S/C24H17ClO3/c25-20-14-8-7-13-18(20)19-15-21(26)28-24(17-11-5-2-6-12-17)22(19)23(27)16-9-3-1-4-10-16/h1-14,19H,15H2/t19-/m0/s1. The summed E-state index contributed by atoms with van der Waals surface area (Å²) in [7, 11) is 0. The number of ether oxygens (including phenoxy) is 1. The van der Waals surface area contributed by atoms with Crippen molar-refractivity contribution in [3.63, 3.8) is 0 Å². The van der Waals surface area contributed by atoms with Crippen molar-refractivity contribution in [1.29, 1.82) is 0 Å². The van der Waals surface area contributed by atoms with Gasteiger partial charge in [-0.25, -0.2) is 0 Å². The van der Waals surface area contributed by atoms with Gasteiger partial charge >= 0.3 is 5.97 Å². The van der Waals surface area contributed by atoms with Crippen LogP contribution in [-0.2, 0) is 9.53 Å². The van der Waals surface area contributed by atoms with Crippen LogP contribution in [0.3, 0.4) is 0 Å². The molecule has 0 saturated carbocycles. The first-order valence-corrected chi connectivity index (χ1v) is 9.37. The second-order valence-electron chi connectivity index (χ2n) is 6.56. The molecular formula is C24H17ClO3. The van der Waals surface area contributed by atoms with E-state index >= 15 is 0 Å². The summed E-state index contributed by atoms with van der Waals surface area (Å²) in [6.45, 7) is 0. The summed E-state index contributed by atoms with van der Waals surface area (Å²) in [4.78, 5) is 25.9. The van der Waals surface area contributed by atoms with Crippen LogP contribution in [0.4, 0.5) is 0 Å². The summed E-state index contributed by atoms with van der Waals surface area (Å²) < 4.78 is 5.60. The van der Waals surface area contributed by atoms with E-state index in [0.29, 0.717) is 27.5 Å². The predicted octanol–water partition coefficient (Wildman–Crippen LogP) is 5.66. The monoisotopic (exact) mass is 388 g/mol. The first-order valence-electron chi connectivity index (χ1n) is 8.99. The maximum atomic E-state index is 13.5. The molecule has 3 aromatic rings. The van der Waals surface area contributed by atoms with E-state index in [4.69, 9.17) is 16.3 Å². The normalized spacial score (nSPS) is 16.6. The summed E-state index contributed by atoms with van der Waals surface area (Å²) in [6.07, 6.45) is 0.0635. The molecule has 4 heteroatoms. The predicted molar refractivity (Wildman–Crippen MR) is 109 cm³/mol. The highest BCUT2D eigenvalue weighted by molar-refractivity contribution is 6.31. The average Bonchev–Trinajstić information content (AvgIpc) is 2.74. The molecule has 0 saturated heterocycles. The Labute approximate surface area is 168 Å². The van der Waals surface area contributed by atoms with Gasteiger partial charge in [0, 0.05) is 22.1 Å². The van der Waals surface area contributed by atoms with E-state index in [1.165, 1.54) is 0 Å². The Morgan fingerprint density at radius 2 is 1.46 bits per heavy atom. The zero-order valence-electron chi connectivity index (χ0n) is 15.0. The molecule has 138 valence electrons. The number of ketones is 1. The van der Waals surface area contributed by atoms with Crippen LogP contribution in [0.5, 0.6) is 0 Å². The van der Waals surface area contributed by atoms with Crippen LogP contribution in [0.2, 0.25) is 5.02 Å². The Kier molecular flexibility index (Phi) is 5.09. The van der Waals surface area contributed by atoms with Gasteiger partial charge < -0.3 is 4.74 Å². The summed E-state index contributed by atoms with van der Waals surface area (Å²) >= 11 is 6.43. The Morgan fingerprint density at radius 1 is 0.857 bits per heavy atom. The van der Waals surface area contributed by atoms with E-state index < -0.39 is 5.92 Å². The molecular weight excluding hydrogens is 372 g/mol. The number of allylic oxidation sites excluding steroid dienone is 1. The fourth-order valence-corrected chi connectivity index (χ4v) is 3.74. The number of Topliss-reactive ketones (excluding diaryl/α,β-unsaturated/α-hetero) is 1. The minimum Gasteiger partial charge on any atom is -0.425 e. The zero-order chi connectivity index (χ0) is 19.5. The van der Waals surface area contributed by atoms with Crippen LogP contribution >= 0.6 is 11.6 Å². The second kappa shape index (κ2) is 7.83. The Morgan fingerprint density at radius 3 is 2.14 bits per heavy atom. The van der Waals surface area contributed by atoms with Crippen LogP contribution in [0.15, 0.2) is 90.5 Å². The van der Waals surface area contributed by atoms with Gasteiger partial charge in [0.15, 0.2) is 5.78 Å². The van der Waals surface area contributed by atoms with Crippen LogP contribution in [-0.4, -0.2) is 11.8 Å². The average molecular weight is 389 g/mol. The van der Waals surface area contributed by atoms with E-state index in [0.717, 1.165) is 5.56 Å². The van der Waals surface area contributed by atoms with Gasteiger partial charge in [-0.3, -0.25) is 9.59 Å². The summed E-state index contributed by atoms with van der Waals surface area (Å²) in [5, 5.41) is 0.521. The largest absolute Gasteiger partial charge is 0.425 e. The van der Waals surface area contributed by atoms with Crippen molar-refractivity contribution in [2.75, 3.05) is 0 Å². The van der Waals surface area contributed by atoms with Gasteiger partial charge in [-0.15, -0.1) is 0 Å². The van der Waals surface area contributed by atoms with Gasteiger partial charge in [0.2, 0.25) is 0 Å². The molecule has 0 spiro atoms. The zero-order valence-corrected chi connectivity index (χ0v) is 15.7. The summed E-state index contributed by atoms with van der Waals surface area (Å²) in [5.74, 6) is -0.723. The van der Waals surface area contributed by atoms with E-state index in [2.05, 4.69) is 0 Å². The highest BCUT2D eigenvalue weighted by Gasteiger charge is 2.36. The number of halogens is 1. The molecule has 1 aliphatic rings. The number of carbonyl (C=O) groups is 2. The molecule has 0 aliphatic carbocycles. The molecule has 4 rings (SSSR count). The molecule has 28 heavy (non-hydrogen) atoms. The van der Waals surface area contributed by atoms with Crippen molar-refractivity contribution in [2.24, 2.45) is 0 Å². The van der Waals surface area contributed by atoms with Crippen LogP contribution < -0.4 is 0 Å². The molecule has 1 heterocycles. The van der Waals surface area contributed by atoms with Gasteiger partial charge in [-0.05, 0) is 11.6 Å². The lowest BCUT2D eigenvalue weighted by molar-refractivity contribution is -0.137. The lowest BCUT2D eigenvalue weighted by atomic mass is 9.81. The third-order valence-electron chi connectivity index (χ3n) is 4.78. The van der Waals surface area contributed by atoms with Gasteiger partial charge in [0.1, 0.15) is 5.76 Å². The van der Waals surface area contributed by atoms with E-state index in [9.17, 15) is 9.59 Å². The minimum absolute atomic E-state index is 0.0635. The van der Waals surface area contributed by atoms with E-state index in [1.807, 2.05) is 66.7 Å². The Bertz CT molecular complexity index is 1060. The first-order chi connectivity index (χ1) is 13.6. The number of benzene rings is 3. The molecule has 1 aliphatic heterocycles. The molecule has 3 aromatic carbocycles. The molecule has 0 N–H and O–H groups in total. The third kappa shape index (κ3) is 3.49. The molecule has 0 bridgehead atoms. The number of hydrogen-bond acceptors (Lipinski definition) is 3. The van der Waals surface area contributed by atoms with Gasteiger partial charge in [-0.2, -0.15) is 0 Å². The first kappa shape index (κ1) is 18.2. The smallest absolute Gasteiger partial charge is 0.312 e. The van der Waals surface area contributed by atoms with Crippen LogP contribution in [0.1, 0.15) is 33.8 Å². The van der Waals surface area contributed by atoms with Crippen molar-refractivity contribution in [2.45, 2.75) is 12.3 Å². The molecule has 0 unspecified atom stereocenters. The molecule has 0 aromatic heterocycles. The highest BCUT2D eigenvalue weighted by atomic mass is 35.5. The van der Waals surface area contributed by atoms with Gasteiger partial charge in [-0.1, -0.05) is 90.5 Å².